The maximum atomic E-state index is 12.7. The quantitative estimate of drug-likeness (QED) is 0.612. The van der Waals surface area contributed by atoms with Gasteiger partial charge in [0.1, 0.15) is 6.54 Å². The molecule has 1 aromatic heterocycles. The Morgan fingerprint density at radius 1 is 1.36 bits per heavy atom. The lowest BCUT2D eigenvalue weighted by Gasteiger charge is -2.33. The van der Waals surface area contributed by atoms with Crippen molar-refractivity contribution >= 4 is 22.7 Å². The lowest BCUT2D eigenvalue weighted by Crippen LogP contribution is -2.43. The molecule has 134 valence electrons. The Labute approximate surface area is 144 Å². The number of nitro groups is 1. The summed E-state index contributed by atoms with van der Waals surface area (Å²) in [6.07, 6.45) is 5.42. The zero-order valence-electron chi connectivity index (χ0n) is 14.1. The number of non-ortho nitro benzene ring substituents is 1. The van der Waals surface area contributed by atoms with E-state index in [2.05, 4.69) is 0 Å². The van der Waals surface area contributed by atoms with Crippen LogP contribution in [0.3, 0.4) is 0 Å². The first-order chi connectivity index (χ1) is 12.0. The van der Waals surface area contributed by atoms with Crippen LogP contribution >= 0.6 is 0 Å². The number of hydrogen-bond donors (Lipinski definition) is 0. The van der Waals surface area contributed by atoms with Crippen LogP contribution < -0.4 is 5.76 Å². The van der Waals surface area contributed by atoms with Gasteiger partial charge in [0.05, 0.1) is 16.5 Å². The third-order valence-corrected chi connectivity index (χ3v) is 4.83. The molecule has 0 atom stereocenters. The number of hydrogen-bond acceptors (Lipinski definition) is 5. The number of aromatic nitrogens is 1. The fourth-order valence-electron chi connectivity index (χ4n) is 3.58. The molecule has 0 aliphatic heterocycles. The lowest BCUT2D eigenvalue weighted by molar-refractivity contribution is -0.384. The number of nitro benzene ring substituents is 1. The monoisotopic (exact) mass is 347 g/mol. The molecule has 1 saturated carbocycles. The molecule has 0 spiro atoms. The van der Waals surface area contributed by atoms with Crippen molar-refractivity contribution in [1.29, 1.82) is 0 Å². The first-order valence-corrected chi connectivity index (χ1v) is 8.58. The average molecular weight is 347 g/mol. The molecule has 1 amide bonds. The van der Waals surface area contributed by atoms with Gasteiger partial charge >= 0.3 is 5.76 Å². The minimum atomic E-state index is -0.677. The summed E-state index contributed by atoms with van der Waals surface area (Å²) < 4.78 is 6.32. The van der Waals surface area contributed by atoms with E-state index in [-0.39, 0.29) is 29.8 Å². The summed E-state index contributed by atoms with van der Waals surface area (Å²) in [5.74, 6) is -0.805. The summed E-state index contributed by atoms with van der Waals surface area (Å²) in [5.41, 5.74) is 0.355. The van der Waals surface area contributed by atoms with Gasteiger partial charge in [0.2, 0.25) is 5.91 Å². The maximum Gasteiger partial charge on any atom is 0.420 e. The highest BCUT2D eigenvalue weighted by molar-refractivity contribution is 5.80. The van der Waals surface area contributed by atoms with E-state index in [0.29, 0.717) is 12.1 Å². The Kier molecular flexibility index (Phi) is 4.87. The molecule has 8 nitrogen and oxygen atoms in total. The number of fused-ring (bicyclic) bond motifs is 1. The number of likely N-dealkylation sites (N-methyl/N-ethyl adjacent to an activating group) is 1. The zero-order valence-corrected chi connectivity index (χ0v) is 14.1. The number of benzene rings is 1. The molecule has 2 aromatic rings. The van der Waals surface area contributed by atoms with Crippen molar-refractivity contribution in [3.8, 4) is 0 Å². The highest BCUT2D eigenvalue weighted by Gasteiger charge is 2.25. The van der Waals surface area contributed by atoms with Crippen molar-refractivity contribution in [2.75, 3.05) is 6.54 Å². The van der Waals surface area contributed by atoms with Crippen LogP contribution in [0.15, 0.2) is 27.4 Å². The molecule has 0 radical (unpaired) electrons. The third-order valence-electron chi connectivity index (χ3n) is 4.83. The minimum Gasteiger partial charge on any atom is -0.407 e. The number of rotatable bonds is 5. The Morgan fingerprint density at radius 2 is 2.08 bits per heavy atom. The Hall–Kier alpha value is -2.64. The van der Waals surface area contributed by atoms with E-state index in [4.69, 9.17) is 4.42 Å². The van der Waals surface area contributed by atoms with Crippen molar-refractivity contribution in [3.05, 3.63) is 38.9 Å². The number of carbonyl (C=O) groups excluding carboxylic acids is 1. The number of amides is 1. The van der Waals surface area contributed by atoms with Gasteiger partial charge < -0.3 is 9.32 Å². The molecule has 1 heterocycles. The van der Waals surface area contributed by atoms with Crippen molar-refractivity contribution in [1.82, 2.24) is 9.47 Å². The van der Waals surface area contributed by atoms with Crippen LogP contribution in [0.25, 0.3) is 11.1 Å². The zero-order chi connectivity index (χ0) is 18.0. The lowest BCUT2D eigenvalue weighted by atomic mass is 9.94. The maximum absolute atomic E-state index is 12.7. The highest BCUT2D eigenvalue weighted by atomic mass is 16.6. The summed E-state index contributed by atoms with van der Waals surface area (Å²) in [4.78, 5) is 36.9. The van der Waals surface area contributed by atoms with E-state index < -0.39 is 10.7 Å². The summed E-state index contributed by atoms with van der Waals surface area (Å²) in [6, 6.07) is 4.18. The van der Waals surface area contributed by atoms with E-state index in [1.54, 1.807) is 0 Å². The summed E-state index contributed by atoms with van der Waals surface area (Å²) in [5, 5.41) is 10.8. The van der Waals surface area contributed by atoms with Crippen LogP contribution in [0.1, 0.15) is 39.0 Å². The fraction of sp³-hybridized carbons (Fsp3) is 0.529. The van der Waals surface area contributed by atoms with E-state index in [9.17, 15) is 19.7 Å². The van der Waals surface area contributed by atoms with Gasteiger partial charge in [0.25, 0.3) is 5.69 Å². The largest absolute Gasteiger partial charge is 0.420 e. The van der Waals surface area contributed by atoms with Crippen LogP contribution in [-0.4, -0.2) is 32.9 Å². The number of nitrogens with zero attached hydrogens (tertiary/aromatic N) is 3. The Balaban J connectivity index is 1.86. The molecule has 0 unspecified atom stereocenters. The van der Waals surface area contributed by atoms with Crippen LogP contribution in [0.5, 0.6) is 0 Å². The van der Waals surface area contributed by atoms with E-state index in [0.717, 1.165) is 25.7 Å². The molecule has 1 fully saturated rings. The van der Waals surface area contributed by atoms with Gasteiger partial charge in [-0.1, -0.05) is 19.3 Å². The van der Waals surface area contributed by atoms with Crippen molar-refractivity contribution in [2.24, 2.45) is 0 Å². The second kappa shape index (κ2) is 7.08. The summed E-state index contributed by atoms with van der Waals surface area (Å²) >= 11 is 0. The topological polar surface area (TPSA) is 98.6 Å². The van der Waals surface area contributed by atoms with Gasteiger partial charge in [0, 0.05) is 18.7 Å². The van der Waals surface area contributed by atoms with Crippen molar-refractivity contribution in [3.63, 3.8) is 0 Å². The molecule has 0 saturated heterocycles. The van der Waals surface area contributed by atoms with Crippen LogP contribution in [0.4, 0.5) is 5.69 Å². The molecule has 8 heteroatoms. The summed E-state index contributed by atoms with van der Waals surface area (Å²) in [7, 11) is 0. The average Bonchev–Trinajstić information content (AvgIpc) is 2.91. The van der Waals surface area contributed by atoms with Crippen LogP contribution in [0.2, 0.25) is 0 Å². The van der Waals surface area contributed by atoms with Gasteiger partial charge in [-0.15, -0.1) is 0 Å². The standard InChI is InChI=1S/C17H21N3O5/c1-2-18(12-6-4-3-5-7-12)16(21)11-19-14-9-8-13(20(23)24)10-15(14)25-17(19)22/h8-10,12H,2-7,11H2,1H3. The van der Waals surface area contributed by atoms with Crippen molar-refractivity contribution < 1.29 is 14.1 Å². The molecule has 1 aromatic carbocycles. The van der Waals surface area contributed by atoms with Gasteiger partial charge in [-0.3, -0.25) is 19.5 Å². The van der Waals surface area contributed by atoms with Gasteiger partial charge in [0.15, 0.2) is 5.58 Å². The van der Waals surface area contributed by atoms with E-state index in [1.165, 1.54) is 29.2 Å². The Bertz CT molecular complexity index is 848. The van der Waals surface area contributed by atoms with Gasteiger partial charge in [-0.25, -0.2) is 4.79 Å². The molecule has 1 aliphatic rings. The smallest absolute Gasteiger partial charge is 0.407 e. The number of carbonyl (C=O) groups is 1. The van der Waals surface area contributed by atoms with Gasteiger partial charge in [-0.05, 0) is 25.8 Å². The number of oxazole rings is 1. The second-order valence-corrected chi connectivity index (χ2v) is 6.33. The van der Waals surface area contributed by atoms with Crippen molar-refractivity contribution in [2.45, 2.75) is 51.6 Å². The first-order valence-electron chi connectivity index (χ1n) is 8.58. The predicted octanol–water partition coefficient (Wildman–Crippen LogP) is 2.68. The fourth-order valence-corrected chi connectivity index (χ4v) is 3.58. The van der Waals surface area contributed by atoms with Crippen LogP contribution in [-0.2, 0) is 11.3 Å². The predicted molar refractivity (Wildman–Crippen MR) is 91.4 cm³/mol. The normalized spacial score (nSPS) is 15.4. The first kappa shape index (κ1) is 17.2. The molecular weight excluding hydrogens is 326 g/mol. The minimum absolute atomic E-state index is 0.117. The van der Waals surface area contributed by atoms with Gasteiger partial charge in [-0.2, -0.15) is 0 Å². The molecule has 0 bridgehead atoms. The SMILES string of the molecule is CCN(C(=O)Cn1c(=O)oc2cc([N+](=O)[O-])ccc21)C1CCCCC1. The third kappa shape index (κ3) is 3.42. The highest BCUT2D eigenvalue weighted by Crippen LogP contribution is 2.24. The molecule has 3 rings (SSSR count). The van der Waals surface area contributed by atoms with E-state index in [1.807, 2.05) is 11.8 Å². The molecular formula is C17H21N3O5. The second-order valence-electron chi connectivity index (χ2n) is 6.33. The molecule has 1 aliphatic carbocycles. The van der Waals surface area contributed by atoms with Crippen LogP contribution in [0, 0.1) is 10.1 Å². The molecule has 25 heavy (non-hydrogen) atoms. The molecule has 0 N–H and O–H groups in total. The van der Waals surface area contributed by atoms with E-state index >= 15 is 0 Å². The Morgan fingerprint density at radius 3 is 2.72 bits per heavy atom. The summed E-state index contributed by atoms with van der Waals surface area (Å²) in [6.45, 7) is 2.42.